The number of rotatable bonds is 7. The summed E-state index contributed by atoms with van der Waals surface area (Å²) in [7, 11) is 0. The number of Topliss-reactive ketones (excluding diaryl/α,β-unsaturated/α-hetero) is 1. The Morgan fingerprint density at radius 2 is 1.81 bits per heavy atom. The van der Waals surface area contributed by atoms with Gasteiger partial charge in [0.15, 0.2) is 0 Å². The summed E-state index contributed by atoms with van der Waals surface area (Å²) in [6.45, 7) is 5.94. The third-order valence-electron chi connectivity index (χ3n) is 3.34. The van der Waals surface area contributed by atoms with Crippen LogP contribution in [0.3, 0.4) is 0 Å². The van der Waals surface area contributed by atoms with Crippen molar-refractivity contribution in [2.75, 3.05) is 6.61 Å². The number of esters is 1. The second-order valence-corrected chi connectivity index (χ2v) is 4.57. The topological polar surface area (TPSA) is 43.4 Å². The van der Waals surface area contributed by atoms with Crippen molar-refractivity contribution in [2.45, 2.75) is 46.5 Å². The molecule has 1 aliphatic carbocycles. The molecule has 3 heteroatoms. The van der Waals surface area contributed by atoms with E-state index in [1.165, 1.54) is 12.8 Å². The molecule has 1 aliphatic rings. The van der Waals surface area contributed by atoms with Gasteiger partial charge in [-0.15, -0.1) is 0 Å². The minimum atomic E-state index is -0.177. The van der Waals surface area contributed by atoms with Gasteiger partial charge in [0.2, 0.25) is 0 Å². The quantitative estimate of drug-likeness (QED) is 0.495. The number of carbonyl (C=O) groups excluding carboxylic acids is 2. The Bertz CT molecular complexity index is 260. The number of ether oxygens (including phenoxy) is 1. The molecule has 0 aliphatic heterocycles. The van der Waals surface area contributed by atoms with Gasteiger partial charge in [0.05, 0.1) is 12.5 Å². The fourth-order valence-corrected chi connectivity index (χ4v) is 2.48. The summed E-state index contributed by atoms with van der Waals surface area (Å²) in [6.07, 6.45) is 4.45. The summed E-state index contributed by atoms with van der Waals surface area (Å²) in [6, 6.07) is 0. The SMILES string of the molecule is CCCCC[C@H]1[C@@H](C(C)=O)[C@@H]1C(=O)OCC. The number of hydrogen-bond acceptors (Lipinski definition) is 3. The van der Waals surface area contributed by atoms with Crippen LogP contribution < -0.4 is 0 Å². The van der Waals surface area contributed by atoms with Gasteiger partial charge in [-0.05, 0) is 26.2 Å². The molecule has 92 valence electrons. The molecule has 3 atom stereocenters. The maximum absolute atomic E-state index is 11.6. The Kier molecular flexibility index (Phi) is 4.97. The maximum Gasteiger partial charge on any atom is 0.309 e. The normalized spacial score (nSPS) is 27.6. The molecule has 1 saturated carbocycles. The van der Waals surface area contributed by atoms with E-state index in [1.807, 2.05) is 0 Å². The third kappa shape index (κ3) is 3.06. The molecule has 0 N–H and O–H groups in total. The molecule has 0 heterocycles. The van der Waals surface area contributed by atoms with Crippen LogP contribution in [0.25, 0.3) is 0 Å². The summed E-state index contributed by atoms with van der Waals surface area (Å²) in [5.41, 5.74) is 0. The molecule has 1 fully saturated rings. The van der Waals surface area contributed by atoms with Crippen LogP contribution >= 0.6 is 0 Å². The lowest BCUT2D eigenvalue weighted by atomic mass is 10.1. The lowest BCUT2D eigenvalue weighted by molar-refractivity contribution is -0.146. The highest BCUT2D eigenvalue weighted by Crippen LogP contribution is 2.50. The van der Waals surface area contributed by atoms with Crippen molar-refractivity contribution in [2.24, 2.45) is 17.8 Å². The highest BCUT2D eigenvalue weighted by atomic mass is 16.5. The molecule has 0 saturated heterocycles. The van der Waals surface area contributed by atoms with Crippen molar-refractivity contribution in [1.29, 1.82) is 0 Å². The molecular weight excluding hydrogens is 204 g/mol. The Morgan fingerprint density at radius 1 is 1.12 bits per heavy atom. The van der Waals surface area contributed by atoms with Gasteiger partial charge >= 0.3 is 5.97 Å². The first-order chi connectivity index (χ1) is 7.63. The van der Waals surface area contributed by atoms with Gasteiger partial charge in [0, 0.05) is 5.92 Å². The van der Waals surface area contributed by atoms with Gasteiger partial charge in [0.1, 0.15) is 5.78 Å². The number of ketones is 1. The molecule has 0 spiro atoms. The van der Waals surface area contributed by atoms with E-state index in [2.05, 4.69) is 6.92 Å². The zero-order valence-electron chi connectivity index (χ0n) is 10.5. The van der Waals surface area contributed by atoms with E-state index in [0.29, 0.717) is 6.61 Å². The molecule has 0 unspecified atom stereocenters. The van der Waals surface area contributed by atoms with Crippen molar-refractivity contribution < 1.29 is 14.3 Å². The molecule has 0 aromatic heterocycles. The second kappa shape index (κ2) is 6.02. The monoisotopic (exact) mass is 226 g/mol. The zero-order valence-corrected chi connectivity index (χ0v) is 10.5. The largest absolute Gasteiger partial charge is 0.466 e. The van der Waals surface area contributed by atoms with Gasteiger partial charge in [-0.3, -0.25) is 9.59 Å². The predicted octanol–water partition coefficient (Wildman–Crippen LogP) is 2.58. The van der Waals surface area contributed by atoms with E-state index in [9.17, 15) is 9.59 Å². The molecule has 0 amide bonds. The highest BCUT2D eigenvalue weighted by Gasteiger charge is 2.57. The van der Waals surface area contributed by atoms with E-state index < -0.39 is 0 Å². The van der Waals surface area contributed by atoms with Gasteiger partial charge in [-0.1, -0.05) is 26.2 Å². The average molecular weight is 226 g/mol. The van der Waals surface area contributed by atoms with E-state index >= 15 is 0 Å². The molecular formula is C13H22O3. The van der Waals surface area contributed by atoms with Crippen LogP contribution in [0, 0.1) is 17.8 Å². The van der Waals surface area contributed by atoms with Gasteiger partial charge in [0.25, 0.3) is 0 Å². The highest BCUT2D eigenvalue weighted by molar-refractivity contribution is 5.90. The van der Waals surface area contributed by atoms with Crippen LogP contribution in [0.2, 0.25) is 0 Å². The lowest BCUT2D eigenvalue weighted by Crippen LogP contribution is -2.10. The summed E-state index contributed by atoms with van der Waals surface area (Å²) in [4.78, 5) is 22.9. The molecule has 1 rings (SSSR count). The average Bonchev–Trinajstić information content (AvgIpc) is 2.93. The van der Waals surface area contributed by atoms with Crippen LogP contribution in [0.15, 0.2) is 0 Å². The van der Waals surface area contributed by atoms with E-state index in [-0.39, 0.29) is 29.5 Å². The molecule has 16 heavy (non-hydrogen) atoms. The smallest absolute Gasteiger partial charge is 0.309 e. The maximum atomic E-state index is 11.6. The molecule has 0 aromatic carbocycles. The van der Waals surface area contributed by atoms with Crippen molar-refractivity contribution in [3.05, 3.63) is 0 Å². The molecule has 0 radical (unpaired) electrons. The van der Waals surface area contributed by atoms with Crippen LogP contribution in [-0.2, 0) is 14.3 Å². The Balaban J connectivity index is 2.43. The zero-order chi connectivity index (χ0) is 12.1. The fourth-order valence-electron chi connectivity index (χ4n) is 2.48. The third-order valence-corrected chi connectivity index (χ3v) is 3.34. The minimum absolute atomic E-state index is 0.0593. The lowest BCUT2D eigenvalue weighted by Gasteiger charge is -2.00. The standard InChI is InChI=1S/C13H22O3/c1-4-6-7-8-10-11(9(3)14)12(10)13(15)16-5-2/h10-12H,4-8H2,1-3H3/t10-,11+,12+/m0/s1. The first-order valence-corrected chi connectivity index (χ1v) is 6.30. The van der Waals surface area contributed by atoms with Crippen molar-refractivity contribution in [1.82, 2.24) is 0 Å². The molecule has 0 aromatic rings. The first-order valence-electron chi connectivity index (χ1n) is 6.30. The summed E-state index contributed by atoms with van der Waals surface area (Å²) < 4.78 is 4.99. The van der Waals surface area contributed by atoms with E-state index in [0.717, 1.165) is 12.8 Å². The van der Waals surface area contributed by atoms with Crippen LogP contribution in [0.5, 0.6) is 0 Å². The number of unbranched alkanes of at least 4 members (excludes halogenated alkanes) is 2. The Labute approximate surface area is 97.5 Å². The van der Waals surface area contributed by atoms with E-state index in [1.54, 1.807) is 13.8 Å². The summed E-state index contributed by atoms with van der Waals surface area (Å²) >= 11 is 0. The van der Waals surface area contributed by atoms with Crippen molar-refractivity contribution in [3.8, 4) is 0 Å². The van der Waals surface area contributed by atoms with E-state index in [4.69, 9.17) is 4.74 Å². The number of hydrogen-bond donors (Lipinski definition) is 0. The Hall–Kier alpha value is -0.860. The fraction of sp³-hybridized carbons (Fsp3) is 0.846. The molecule has 0 bridgehead atoms. The Morgan fingerprint density at radius 3 is 2.31 bits per heavy atom. The van der Waals surface area contributed by atoms with Crippen LogP contribution in [0.4, 0.5) is 0 Å². The minimum Gasteiger partial charge on any atom is -0.466 e. The number of carbonyl (C=O) groups is 2. The van der Waals surface area contributed by atoms with Gasteiger partial charge in [-0.2, -0.15) is 0 Å². The predicted molar refractivity (Wildman–Crippen MR) is 61.9 cm³/mol. The van der Waals surface area contributed by atoms with Crippen LogP contribution in [0.1, 0.15) is 46.5 Å². The first kappa shape index (κ1) is 13.2. The summed E-state index contributed by atoms with van der Waals surface area (Å²) in [5.74, 6) is 0.0112. The van der Waals surface area contributed by atoms with Crippen molar-refractivity contribution >= 4 is 11.8 Å². The molecule has 3 nitrogen and oxygen atoms in total. The second-order valence-electron chi connectivity index (χ2n) is 4.57. The van der Waals surface area contributed by atoms with Crippen LogP contribution in [-0.4, -0.2) is 18.4 Å². The van der Waals surface area contributed by atoms with Crippen molar-refractivity contribution in [3.63, 3.8) is 0 Å². The van der Waals surface area contributed by atoms with Gasteiger partial charge in [-0.25, -0.2) is 0 Å². The van der Waals surface area contributed by atoms with Gasteiger partial charge < -0.3 is 4.74 Å². The summed E-state index contributed by atoms with van der Waals surface area (Å²) in [5, 5.41) is 0.